The van der Waals surface area contributed by atoms with E-state index in [1.807, 2.05) is 0 Å². The van der Waals surface area contributed by atoms with Crippen LogP contribution in [0.25, 0.3) is 0 Å². The minimum atomic E-state index is 1.21. The van der Waals surface area contributed by atoms with Gasteiger partial charge in [-0.05, 0) is 38.1 Å². The number of hydrogen-bond acceptors (Lipinski definition) is 1. The van der Waals surface area contributed by atoms with Gasteiger partial charge in [-0.25, -0.2) is 0 Å². The van der Waals surface area contributed by atoms with E-state index in [0.717, 1.165) is 0 Å². The van der Waals surface area contributed by atoms with Crippen molar-refractivity contribution in [1.29, 1.82) is 0 Å². The monoisotopic (exact) mass is 223 g/mol. The van der Waals surface area contributed by atoms with Crippen LogP contribution in [-0.4, -0.2) is 11.9 Å². The van der Waals surface area contributed by atoms with Crippen LogP contribution in [0.3, 0.4) is 0 Å². The molecule has 0 aliphatic rings. The van der Waals surface area contributed by atoms with E-state index in [1.54, 1.807) is 0 Å². The summed E-state index contributed by atoms with van der Waals surface area (Å²) in [4.78, 5) is 2.15. The maximum absolute atomic E-state index is 2.27. The van der Waals surface area contributed by atoms with Crippen molar-refractivity contribution in [2.45, 2.75) is 65.2 Å². The lowest BCUT2D eigenvalue weighted by atomic mass is 10.2. The van der Waals surface area contributed by atoms with Gasteiger partial charge in [-0.15, -0.1) is 0 Å². The molecule has 16 heavy (non-hydrogen) atoms. The molecule has 1 heteroatoms. The summed E-state index contributed by atoms with van der Waals surface area (Å²) in [6, 6.07) is 0. The van der Waals surface area contributed by atoms with Crippen LogP contribution in [0.4, 0.5) is 0 Å². The van der Waals surface area contributed by atoms with Gasteiger partial charge < -0.3 is 4.90 Å². The molecular formula is C15H29N. The Morgan fingerprint density at radius 3 is 1.56 bits per heavy atom. The zero-order valence-corrected chi connectivity index (χ0v) is 11.4. The van der Waals surface area contributed by atoms with Crippen LogP contribution in [0.5, 0.6) is 0 Å². The molecule has 0 amide bonds. The van der Waals surface area contributed by atoms with E-state index in [2.05, 4.69) is 50.3 Å². The number of rotatable bonds is 10. The van der Waals surface area contributed by atoms with Crippen LogP contribution in [0.2, 0.25) is 0 Å². The third kappa shape index (κ3) is 11.4. The van der Waals surface area contributed by atoms with Crippen LogP contribution in [0, 0.1) is 0 Å². The lowest BCUT2D eigenvalue weighted by Crippen LogP contribution is -1.99. The fraction of sp³-hybridized carbons (Fsp3) is 0.733. The van der Waals surface area contributed by atoms with Crippen LogP contribution in [0.15, 0.2) is 24.6 Å². The number of hydrogen-bond donors (Lipinski definition) is 0. The lowest BCUT2D eigenvalue weighted by molar-refractivity contribution is 0.612. The maximum atomic E-state index is 2.27. The Bertz CT molecular complexity index is 162. The standard InChI is InChI=1S/C15H29N/c1-4-6-8-10-12-14-16(3)15-13-11-9-7-5-2/h12-15H,4-11H2,1-3H3/b14-12+,15-13+. The van der Waals surface area contributed by atoms with Crippen molar-refractivity contribution >= 4 is 0 Å². The first kappa shape index (κ1) is 15.3. The summed E-state index contributed by atoms with van der Waals surface area (Å²) in [5.74, 6) is 0. The van der Waals surface area contributed by atoms with Crippen LogP contribution < -0.4 is 0 Å². The summed E-state index contributed by atoms with van der Waals surface area (Å²) < 4.78 is 0. The molecule has 0 aliphatic carbocycles. The summed E-state index contributed by atoms with van der Waals surface area (Å²) in [5.41, 5.74) is 0. The normalized spacial score (nSPS) is 11.7. The molecular weight excluding hydrogens is 194 g/mol. The van der Waals surface area contributed by atoms with E-state index in [4.69, 9.17) is 0 Å². The van der Waals surface area contributed by atoms with Crippen molar-refractivity contribution in [1.82, 2.24) is 4.90 Å². The van der Waals surface area contributed by atoms with Gasteiger partial charge in [0, 0.05) is 7.05 Å². The summed E-state index contributed by atoms with van der Waals surface area (Å²) in [7, 11) is 2.10. The second-order valence-corrected chi connectivity index (χ2v) is 4.43. The van der Waals surface area contributed by atoms with Crippen LogP contribution in [0.1, 0.15) is 65.2 Å². The molecule has 0 aromatic carbocycles. The van der Waals surface area contributed by atoms with Crippen LogP contribution in [-0.2, 0) is 0 Å². The molecule has 0 atom stereocenters. The Labute approximate surface area is 102 Å². The number of allylic oxidation sites excluding steroid dienone is 2. The summed E-state index contributed by atoms with van der Waals surface area (Å²) in [6.45, 7) is 4.49. The Morgan fingerprint density at radius 1 is 0.750 bits per heavy atom. The smallest absolute Gasteiger partial charge is 0.0106 e. The summed E-state index contributed by atoms with van der Waals surface area (Å²) in [5, 5.41) is 0. The average molecular weight is 223 g/mol. The summed E-state index contributed by atoms with van der Waals surface area (Å²) >= 11 is 0. The maximum Gasteiger partial charge on any atom is 0.0106 e. The van der Waals surface area contributed by atoms with Gasteiger partial charge in [0.05, 0.1) is 0 Å². The van der Waals surface area contributed by atoms with E-state index in [1.165, 1.54) is 51.4 Å². The van der Waals surface area contributed by atoms with E-state index < -0.39 is 0 Å². The van der Waals surface area contributed by atoms with E-state index in [9.17, 15) is 0 Å². The lowest BCUT2D eigenvalue weighted by Gasteiger charge is -2.06. The predicted octanol–water partition coefficient (Wildman–Crippen LogP) is 5.11. The largest absolute Gasteiger partial charge is 0.358 e. The first-order valence-corrected chi connectivity index (χ1v) is 6.86. The molecule has 0 heterocycles. The number of nitrogens with zero attached hydrogens (tertiary/aromatic N) is 1. The van der Waals surface area contributed by atoms with Gasteiger partial charge in [-0.3, -0.25) is 0 Å². The Balaban J connectivity index is 3.44. The van der Waals surface area contributed by atoms with Crippen molar-refractivity contribution in [3.8, 4) is 0 Å². The van der Waals surface area contributed by atoms with E-state index in [0.29, 0.717) is 0 Å². The molecule has 0 aliphatic heterocycles. The van der Waals surface area contributed by atoms with Gasteiger partial charge in [0.1, 0.15) is 0 Å². The molecule has 1 nitrogen and oxygen atoms in total. The van der Waals surface area contributed by atoms with E-state index >= 15 is 0 Å². The van der Waals surface area contributed by atoms with Gasteiger partial charge >= 0.3 is 0 Å². The quantitative estimate of drug-likeness (QED) is 0.465. The van der Waals surface area contributed by atoms with Crippen molar-refractivity contribution in [2.24, 2.45) is 0 Å². The van der Waals surface area contributed by atoms with Gasteiger partial charge in [-0.1, -0.05) is 51.7 Å². The van der Waals surface area contributed by atoms with Crippen molar-refractivity contribution in [2.75, 3.05) is 7.05 Å². The first-order valence-electron chi connectivity index (χ1n) is 6.86. The Hall–Kier alpha value is -0.720. The Kier molecular flexibility index (Phi) is 11.8. The van der Waals surface area contributed by atoms with E-state index in [-0.39, 0.29) is 0 Å². The molecule has 0 fully saturated rings. The molecule has 0 spiro atoms. The fourth-order valence-corrected chi connectivity index (χ4v) is 1.56. The molecule has 0 aromatic heterocycles. The summed E-state index contributed by atoms with van der Waals surface area (Å²) in [6.07, 6.45) is 19.3. The van der Waals surface area contributed by atoms with Crippen molar-refractivity contribution in [3.05, 3.63) is 24.6 Å². The van der Waals surface area contributed by atoms with Crippen LogP contribution >= 0.6 is 0 Å². The first-order chi connectivity index (χ1) is 7.81. The highest BCUT2D eigenvalue weighted by Crippen LogP contribution is 2.02. The highest BCUT2D eigenvalue weighted by Gasteiger charge is 1.85. The molecule has 0 N–H and O–H groups in total. The van der Waals surface area contributed by atoms with Gasteiger partial charge in [0.25, 0.3) is 0 Å². The van der Waals surface area contributed by atoms with Gasteiger partial charge in [0.15, 0.2) is 0 Å². The SMILES string of the molecule is CCCCC/C=C/N(C)/C=C/CCCCC. The topological polar surface area (TPSA) is 3.24 Å². The van der Waals surface area contributed by atoms with Crippen molar-refractivity contribution < 1.29 is 0 Å². The highest BCUT2D eigenvalue weighted by atomic mass is 15.0. The second kappa shape index (κ2) is 12.4. The second-order valence-electron chi connectivity index (χ2n) is 4.43. The minimum Gasteiger partial charge on any atom is -0.358 e. The minimum absolute atomic E-state index is 1.21. The van der Waals surface area contributed by atoms with Gasteiger partial charge in [-0.2, -0.15) is 0 Å². The molecule has 0 aromatic rings. The molecule has 94 valence electrons. The molecule has 0 rings (SSSR count). The zero-order chi connectivity index (χ0) is 12.1. The fourth-order valence-electron chi connectivity index (χ4n) is 1.56. The van der Waals surface area contributed by atoms with Crippen molar-refractivity contribution in [3.63, 3.8) is 0 Å². The molecule has 0 saturated heterocycles. The highest BCUT2D eigenvalue weighted by molar-refractivity contribution is 4.89. The van der Waals surface area contributed by atoms with Gasteiger partial charge in [0.2, 0.25) is 0 Å². The molecule has 0 unspecified atom stereocenters. The average Bonchev–Trinajstić information content (AvgIpc) is 2.28. The zero-order valence-electron chi connectivity index (χ0n) is 11.4. The Morgan fingerprint density at radius 2 is 1.19 bits per heavy atom. The molecule has 0 saturated carbocycles. The third-order valence-corrected chi connectivity index (χ3v) is 2.63. The number of unbranched alkanes of at least 4 members (excludes halogenated alkanes) is 6. The third-order valence-electron chi connectivity index (χ3n) is 2.63. The molecule has 0 bridgehead atoms. The predicted molar refractivity (Wildman–Crippen MR) is 74.3 cm³/mol. The molecule has 0 radical (unpaired) electrons.